The molecule has 0 saturated carbocycles. The second kappa shape index (κ2) is 4.19. The number of carboxylic acids is 1. The van der Waals surface area contributed by atoms with Gasteiger partial charge in [0.15, 0.2) is 0 Å². The van der Waals surface area contributed by atoms with Crippen LogP contribution in [0.4, 0.5) is 5.69 Å². The zero-order chi connectivity index (χ0) is 11.5. The van der Waals surface area contributed by atoms with Crippen LogP contribution in [0.15, 0.2) is 24.5 Å². The van der Waals surface area contributed by atoms with Gasteiger partial charge in [0.25, 0.3) is 0 Å². The van der Waals surface area contributed by atoms with E-state index in [0.717, 1.165) is 16.7 Å². The Hall–Kier alpha value is -2.08. The summed E-state index contributed by atoms with van der Waals surface area (Å²) in [4.78, 5) is 17.6. The first-order valence-electron chi connectivity index (χ1n) is 4.82. The molecule has 1 aromatic heterocycles. The molecule has 1 atom stereocenters. The number of hydrogen-bond donors (Lipinski definition) is 4. The average molecular weight is 220 g/mol. The lowest BCUT2D eigenvalue weighted by atomic mass is 10.2. The largest absolute Gasteiger partial charge is 0.480 e. The van der Waals surface area contributed by atoms with Crippen molar-refractivity contribution < 1.29 is 9.90 Å². The molecule has 0 bridgehead atoms. The fraction of sp³-hybridized carbons (Fsp3) is 0.200. The smallest absolute Gasteiger partial charge is 0.322 e. The second-order valence-corrected chi connectivity index (χ2v) is 3.46. The van der Waals surface area contributed by atoms with Gasteiger partial charge in [0, 0.05) is 12.2 Å². The van der Waals surface area contributed by atoms with E-state index in [4.69, 9.17) is 10.8 Å². The third-order valence-corrected chi connectivity index (χ3v) is 2.26. The van der Waals surface area contributed by atoms with E-state index >= 15 is 0 Å². The number of aromatic amines is 1. The number of nitrogens with two attached hydrogens (primary N) is 1. The molecule has 6 nitrogen and oxygen atoms in total. The number of imidazole rings is 1. The van der Waals surface area contributed by atoms with Crippen LogP contribution in [0.1, 0.15) is 0 Å². The molecule has 5 N–H and O–H groups in total. The molecule has 0 radical (unpaired) electrons. The molecule has 0 spiro atoms. The van der Waals surface area contributed by atoms with Crippen molar-refractivity contribution in [1.29, 1.82) is 0 Å². The summed E-state index contributed by atoms with van der Waals surface area (Å²) in [5.41, 5.74) is 7.95. The van der Waals surface area contributed by atoms with Crippen molar-refractivity contribution in [2.75, 3.05) is 11.9 Å². The maximum atomic E-state index is 10.5. The third kappa shape index (κ3) is 2.12. The first kappa shape index (κ1) is 10.4. The van der Waals surface area contributed by atoms with E-state index in [1.54, 1.807) is 6.33 Å². The minimum Gasteiger partial charge on any atom is -0.480 e. The Morgan fingerprint density at radius 2 is 2.44 bits per heavy atom. The van der Waals surface area contributed by atoms with Crippen LogP contribution >= 0.6 is 0 Å². The number of aliphatic carboxylic acids is 1. The SMILES string of the molecule is NC(CNc1ccc2nc[nH]c2c1)C(=O)O. The average Bonchev–Trinajstić information content (AvgIpc) is 2.72. The number of rotatable bonds is 4. The van der Waals surface area contributed by atoms with Crippen molar-refractivity contribution in [2.45, 2.75) is 6.04 Å². The molecule has 0 fully saturated rings. The van der Waals surface area contributed by atoms with E-state index in [-0.39, 0.29) is 6.54 Å². The van der Waals surface area contributed by atoms with Crippen molar-refractivity contribution in [1.82, 2.24) is 9.97 Å². The van der Waals surface area contributed by atoms with Gasteiger partial charge >= 0.3 is 5.97 Å². The standard InChI is InChI=1S/C10H12N4O2/c11-7(10(15)16)4-12-6-1-2-8-9(3-6)14-5-13-8/h1-3,5,7,12H,4,11H2,(H,13,14)(H,15,16). The molecule has 2 aromatic rings. The maximum Gasteiger partial charge on any atom is 0.322 e. The number of nitrogens with one attached hydrogen (secondary N) is 2. The van der Waals surface area contributed by atoms with Crippen LogP contribution in [0.2, 0.25) is 0 Å². The highest BCUT2D eigenvalue weighted by Gasteiger charge is 2.10. The van der Waals surface area contributed by atoms with Crippen LogP contribution in [0.3, 0.4) is 0 Å². The van der Waals surface area contributed by atoms with Crippen LogP contribution in [-0.2, 0) is 4.79 Å². The van der Waals surface area contributed by atoms with Gasteiger partial charge in [0.1, 0.15) is 6.04 Å². The van der Waals surface area contributed by atoms with E-state index in [0.29, 0.717) is 0 Å². The van der Waals surface area contributed by atoms with Gasteiger partial charge in [0.05, 0.1) is 17.4 Å². The Labute approximate surface area is 91.5 Å². The number of benzene rings is 1. The monoisotopic (exact) mass is 220 g/mol. The molecule has 0 aliphatic heterocycles. The zero-order valence-electron chi connectivity index (χ0n) is 8.47. The highest BCUT2D eigenvalue weighted by atomic mass is 16.4. The summed E-state index contributed by atoms with van der Waals surface area (Å²) in [6, 6.07) is 4.63. The Bertz CT molecular complexity index is 508. The Morgan fingerprint density at radius 1 is 1.62 bits per heavy atom. The number of hydrogen-bond acceptors (Lipinski definition) is 4. The highest BCUT2D eigenvalue weighted by Crippen LogP contribution is 2.15. The van der Waals surface area contributed by atoms with Gasteiger partial charge in [-0.1, -0.05) is 0 Å². The summed E-state index contributed by atoms with van der Waals surface area (Å²) < 4.78 is 0. The lowest BCUT2D eigenvalue weighted by molar-refractivity contribution is -0.138. The molecular formula is C10H12N4O2. The molecule has 0 aliphatic rings. The molecule has 1 heterocycles. The first-order chi connectivity index (χ1) is 7.66. The van der Waals surface area contributed by atoms with Gasteiger partial charge in [-0.2, -0.15) is 0 Å². The van der Waals surface area contributed by atoms with Crippen molar-refractivity contribution in [3.63, 3.8) is 0 Å². The van der Waals surface area contributed by atoms with Crippen molar-refractivity contribution in [3.8, 4) is 0 Å². The lowest BCUT2D eigenvalue weighted by Gasteiger charge is -2.09. The van der Waals surface area contributed by atoms with Crippen molar-refractivity contribution >= 4 is 22.7 Å². The van der Waals surface area contributed by atoms with Crippen molar-refractivity contribution in [2.24, 2.45) is 5.73 Å². The van der Waals surface area contributed by atoms with Crippen LogP contribution < -0.4 is 11.1 Å². The number of carbonyl (C=O) groups is 1. The molecule has 0 saturated heterocycles. The van der Waals surface area contributed by atoms with E-state index < -0.39 is 12.0 Å². The lowest BCUT2D eigenvalue weighted by Crippen LogP contribution is -2.36. The summed E-state index contributed by atoms with van der Waals surface area (Å²) in [5, 5.41) is 11.6. The summed E-state index contributed by atoms with van der Waals surface area (Å²) >= 11 is 0. The number of H-pyrrole nitrogens is 1. The van der Waals surface area contributed by atoms with Gasteiger partial charge < -0.3 is 21.1 Å². The molecule has 84 valence electrons. The number of carboxylic acid groups (broad SMARTS) is 1. The van der Waals surface area contributed by atoms with Gasteiger partial charge in [-0.3, -0.25) is 4.79 Å². The van der Waals surface area contributed by atoms with E-state index in [1.165, 1.54) is 0 Å². The molecule has 2 rings (SSSR count). The molecule has 1 unspecified atom stereocenters. The number of nitrogens with zero attached hydrogens (tertiary/aromatic N) is 1. The molecule has 6 heteroatoms. The molecular weight excluding hydrogens is 208 g/mol. The molecule has 0 aliphatic carbocycles. The minimum absolute atomic E-state index is 0.189. The van der Waals surface area contributed by atoms with Gasteiger partial charge in [0.2, 0.25) is 0 Å². The first-order valence-corrected chi connectivity index (χ1v) is 4.82. The predicted molar refractivity (Wildman–Crippen MR) is 60.2 cm³/mol. The number of aromatic nitrogens is 2. The fourth-order valence-electron chi connectivity index (χ4n) is 1.36. The van der Waals surface area contributed by atoms with Gasteiger partial charge in [-0.05, 0) is 18.2 Å². The predicted octanol–water partition coefficient (Wildman–Crippen LogP) is 0.387. The van der Waals surface area contributed by atoms with Gasteiger partial charge in [-0.15, -0.1) is 0 Å². The van der Waals surface area contributed by atoms with Crippen LogP contribution in [0.25, 0.3) is 11.0 Å². The van der Waals surface area contributed by atoms with Crippen LogP contribution in [-0.4, -0.2) is 33.6 Å². The third-order valence-electron chi connectivity index (χ3n) is 2.26. The quantitative estimate of drug-likeness (QED) is 0.596. The van der Waals surface area contributed by atoms with E-state index in [9.17, 15) is 4.79 Å². The maximum absolute atomic E-state index is 10.5. The fourth-order valence-corrected chi connectivity index (χ4v) is 1.36. The molecule has 0 amide bonds. The Balaban J connectivity index is 2.06. The van der Waals surface area contributed by atoms with E-state index in [1.807, 2.05) is 18.2 Å². The molecule has 16 heavy (non-hydrogen) atoms. The number of fused-ring (bicyclic) bond motifs is 1. The van der Waals surface area contributed by atoms with E-state index in [2.05, 4.69) is 15.3 Å². The van der Waals surface area contributed by atoms with Gasteiger partial charge in [-0.25, -0.2) is 4.98 Å². The number of anilines is 1. The highest BCUT2D eigenvalue weighted by molar-refractivity contribution is 5.79. The van der Waals surface area contributed by atoms with Crippen LogP contribution in [0, 0.1) is 0 Å². The molecule has 1 aromatic carbocycles. The zero-order valence-corrected chi connectivity index (χ0v) is 8.47. The Kier molecular flexibility index (Phi) is 2.74. The Morgan fingerprint density at radius 3 is 3.19 bits per heavy atom. The topological polar surface area (TPSA) is 104 Å². The second-order valence-electron chi connectivity index (χ2n) is 3.46. The normalized spacial score (nSPS) is 12.6. The summed E-state index contributed by atoms with van der Waals surface area (Å²) in [5.74, 6) is -1.02. The minimum atomic E-state index is -1.02. The summed E-state index contributed by atoms with van der Waals surface area (Å²) in [6.07, 6.45) is 1.61. The van der Waals surface area contributed by atoms with Crippen molar-refractivity contribution in [3.05, 3.63) is 24.5 Å². The summed E-state index contributed by atoms with van der Waals surface area (Å²) in [6.45, 7) is 0.189. The summed E-state index contributed by atoms with van der Waals surface area (Å²) in [7, 11) is 0. The van der Waals surface area contributed by atoms with Crippen LogP contribution in [0.5, 0.6) is 0 Å².